The van der Waals surface area contributed by atoms with E-state index >= 15 is 0 Å². The van der Waals surface area contributed by atoms with Crippen molar-refractivity contribution in [3.8, 4) is 112 Å². The van der Waals surface area contributed by atoms with Gasteiger partial charge in [0, 0.05) is 118 Å². The predicted octanol–water partition coefficient (Wildman–Crippen LogP) is 25.5. The third-order valence-corrected chi connectivity index (χ3v) is 27.5. The van der Waals surface area contributed by atoms with Gasteiger partial charge in [-0.15, -0.1) is 0 Å². The number of nitrogens with zero attached hydrogens (tertiary/aromatic N) is 5. The van der Waals surface area contributed by atoms with Gasteiger partial charge in [-0.2, -0.15) is 0 Å². The highest BCUT2D eigenvalue weighted by Gasteiger charge is 2.42. The minimum Gasteiger partial charge on any atom is -0.201 e. The first-order valence-corrected chi connectivity index (χ1v) is 42.8. The first-order chi connectivity index (χ1) is 58.2. The van der Waals surface area contributed by atoms with Gasteiger partial charge in [-0.1, -0.05) is 221 Å². The van der Waals surface area contributed by atoms with Crippen LogP contribution in [0.25, 0.3) is 112 Å². The summed E-state index contributed by atoms with van der Waals surface area (Å²) in [5.41, 5.74) is 52.9. The van der Waals surface area contributed by atoms with E-state index < -0.39 is 6.85 Å². The molecule has 0 saturated heterocycles. The molecule has 120 heavy (non-hydrogen) atoms. The molecule has 0 unspecified atom stereocenters. The van der Waals surface area contributed by atoms with Crippen LogP contribution in [0.1, 0.15) is 185 Å². The Bertz CT molecular complexity index is 6810. The summed E-state index contributed by atoms with van der Waals surface area (Å²) >= 11 is 0. The van der Waals surface area contributed by atoms with Gasteiger partial charge in [-0.25, -0.2) is 22.8 Å². The Morgan fingerprint density at radius 1 is 0.192 bits per heavy atom. The number of hydrogen-bond acceptors (Lipinski definition) is 0. The minimum absolute atomic E-state index is 0.0114. The second kappa shape index (κ2) is 30.6. The van der Waals surface area contributed by atoms with E-state index in [1.165, 1.54) is 206 Å². The summed E-state index contributed by atoms with van der Waals surface area (Å²) in [4.78, 5) is 0. The largest absolute Gasteiger partial charge is 0.212 e. The summed E-state index contributed by atoms with van der Waals surface area (Å²) in [5.74, 6) is 0. The molecule has 0 aliphatic heterocycles. The molecule has 5 heterocycles. The monoisotopic (exact) mass is 1570 g/mol. The van der Waals surface area contributed by atoms with E-state index in [1.54, 1.807) is 12.3 Å². The van der Waals surface area contributed by atoms with Crippen LogP contribution in [0.2, 0.25) is 0 Å². The smallest absolute Gasteiger partial charge is 0.201 e. The molecule has 600 valence electrons. The second-order valence-corrected chi connectivity index (χ2v) is 37.6. The number of fused-ring (bicyclic) bond motifs is 15. The van der Waals surface area contributed by atoms with Crippen LogP contribution in [0, 0.1) is 69.2 Å². The van der Waals surface area contributed by atoms with Crippen molar-refractivity contribution in [2.45, 2.75) is 165 Å². The summed E-state index contributed by atoms with van der Waals surface area (Å²) in [6, 6.07) is 88.9. The fourth-order valence-corrected chi connectivity index (χ4v) is 20.5. The molecule has 5 aliphatic carbocycles. The highest BCUT2D eigenvalue weighted by Crippen LogP contribution is 2.56. The van der Waals surface area contributed by atoms with Crippen molar-refractivity contribution < 1.29 is 26.9 Å². The molecule has 5 aliphatic rings. The predicted molar refractivity (Wildman–Crippen MR) is 500 cm³/mol. The van der Waals surface area contributed by atoms with Crippen LogP contribution in [0.5, 0.6) is 0 Å². The quantitative estimate of drug-likeness (QED) is 0.153. The Labute approximate surface area is 720 Å². The van der Waals surface area contributed by atoms with E-state index in [-0.39, 0.29) is 27.1 Å². The third-order valence-electron chi connectivity index (χ3n) is 27.5. The van der Waals surface area contributed by atoms with Crippen LogP contribution in [-0.4, -0.2) is 0 Å². The fraction of sp³-hybridized carbons (Fsp3) is 0.261. The van der Waals surface area contributed by atoms with E-state index in [9.17, 15) is 0 Å². The molecule has 0 spiro atoms. The molecule has 20 rings (SSSR count). The lowest BCUT2D eigenvalue weighted by Crippen LogP contribution is -2.31. The first-order valence-electron chi connectivity index (χ1n) is 44.3. The Morgan fingerprint density at radius 2 is 0.467 bits per heavy atom. The molecule has 0 N–H and O–H groups in total. The van der Waals surface area contributed by atoms with Gasteiger partial charge in [-0.05, 0) is 268 Å². The lowest BCUT2D eigenvalue weighted by Gasteiger charge is -2.22. The molecule has 0 radical (unpaired) electrons. The topological polar surface area (TPSA) is 19.4 Å². The van der Waals surface area contributed by atoms with Crippen LogP contribution < -0.4 is 22.8 Å². The SMILES string of the molecule is Cc1cc(-c2cc3c(cc2C)C(C)(C)c2ccccc2-3)[n+](C)cc1C.Cc1cc2c(cc1-c1cccc[n+]1C)-c1ccccc1C2(C)C.Cc1cc[n+](C)c(-c2cc3c(cc2C)C(C)(C)c2ccccc2-3)c1.Cc1ccc(-c2cc3c(cc2C)C(C)(C)c2ccccc2-3)[n+](C)c1.[2H]C([2H])([2H])c1ccc(-c2cc3c(cc2C)C(C)(C)c2ccccc2-3)[n+](C)c1. The minimum atomic E-state index is -2.09. The average Bonchev–Trinajstić information content (AvgIpc) is 1.60. The number of aryl methyl sites for hydroxylation is 15. The van der Waals surface area contributed by atoms with Crippen LogP contribution in [0.4, 0.5) is 0 Å². The summed E-state index contributed by atoms with van der Waals surface area (Å²) in [6.07, 6.45) is 10.4. The van der Waals surface area contributed by atoms with E-state index in [0.29, 0.717) is 5.56 Å². The van der Waals surface area contributed by atoms with Crippen molar-refractivity contribution in [3.05, 3.63) is 385 Å². The van der Waals surface area contributed by atoms with Crippen LogP contribution in [-0.2, 0) is 62.3 Å². The number of pyridine rings is 5. The molecule has 5 heteroatoms. The average molecular weight is 1580 g/mol. The molecular formula is C115H120N5+5. The molecular weight excluding hydrogens is 1450 g/mol. The molecule has 0 atom stereocenters. The maximum Gasteiger partial charge on any atom is 0.212 e. The van der Waals surface area contributed by atoms with Gasteiger partial charge in [0.25, 0.3) is 0 Å². The molecule has 5 aromatic heterocycles. The zero-order chi connectivity index (χ0) is 87.8. The summed E-state index contributed by atoms with van der Waals surface area (Å²) < 4.78 is 33.7. The molecule has 5 nitrogen and oxygen atoms in total. The molecule has 0 fully saturated rings. The third kappa shape index (κ3) is 14.0. The van der Waals surface area contributed by atoms with Gasteiger partial charge >= 0.3 is 0 Å². The van der Waals surface area contributed by atoms with Crippen LogP contribution in [0.3, 0.4) is 0 Å². The van der Waals surface area contributed by atoms with Crippen molar-refractivity contribution in [2.24, 2.45) is 35.2 Å². The zero-order valence-corrected chi connectivity index (χ0v) is 75.2. The van der Waals surface area contributed by atoms with Crippen molar-refractivity contribution >= 4 is 0 Å². The normalized spacial score (nSPS) is 14.8. The maximum atomic E-state index is 7.63. The maximum absolute atomic E-state index is 7.63. The summed E-state index contributed by atoms with van der Waals surface area (Å²) in [6.45, 7) is 40.9. The van der Waals surface area contributed by atoms with Gasteiger partial charge in [0.05, 0.1) is 0 Å². The number of aromatic nitrogens is 5. The fourth-order valence-electron chi connectivity index (χ4n) is 20.5. The standard InChI is InChI=1S/C24H26N.3C23H24N.C22H22N/c1-15-12-23(25(6)14-17(15)3)19-13-20-18-9-7-8-10-21(18)24(4,5)22(20)11-16(19)2;2*1-15-10-11-22(24(5)14-15)18-13-19-17-8-6-7-9-20(17)23(3,4)21(19)12-16(18)2;1-15-10-11-24(5)22(12-15)18-14-19-17-8-6-7-9-20(17)23(3,4)21(19)13-16(18)2;1-15-13-20-18(14-17(15)21-11-7-8-12-23(21)4)16-9-5-6-10-19(16)22(20,2)3/h7-14H,1-6H3;3*6-14H,1-5H3;5-14H,1-4H3/q5*+1/i;1D3;;;. The van der Waals surface area contributed by atoms with E-state index in [4.69, 9.17) is 4.11 Å². The highest BCUT2D eigenvalue weighted by atomic mass is 14.9. The van der Waals surface area contributed by atoms with Crippen molar-refractivity contribution in [1.82, 2.24) is 0 Å². The first kappa shape index (κ1) is 77.8. The lowest BCUT2D eigenvalue weighted by molar-refractivity contribution is -0.660. The second-order valence-electron chi connectivity index (χ2n) is 37.6. The molecule has 0 bridgehead atoms. The highest BCUT2D eigenvalue weighted by molar-refractivity contribution is 5.90. The molecule has 10 aromatic carbocycles. The number of benzene rings is 10. The van der Waals surface area contributed by atoms with E-state index in [1.807, 2.05) is 17.7 Å². The Morgan fingerprint density at radius 3 is 0.792 bits per heavy atom. The Hall–Kier alpha value is -12.1. The van der Waals surface area contributed by atoms with Crippen LogP contribution in [0.15, 0.2) is 274 Å². The molecule has 0 amide bonds. The van der Waals surface area contributed by atoms with Crippen molar-refractivity contribution in [2.75, 3.05) is 0 Å². The van der Waals surface area contributed by atoms with Crippen molar-refractivity contribution in [1.29, 1.82) is 0 Å². The van der Waals surface area contributed by atoms with E-state index in [2.05, 4.69) is 433 Å². The molecule has 0 saturated carbocycles. The summed E-state index contributed by atoms with van der Waals surface area (Å²) in [7, 11) is 10.4. The zero-order valence-electron chi connectivity index (χ0n) is 78.2. The van der Waals surface area contributed by atoms with Crippen LogP contribution >= 0.6 is 0 Å². The van der Waals surface area contributed by atoms with E-state index in [0.717, 1.165) is 11.3 Å². The Balaban J connectivity index is 0.000000114. The number of hydrogen-bond donors (Lipinski definition) is 0. The number of rotatable bonds is 5. The summed E-state index contributed by atoms with van der Waals surface area (Å²) in [5, 5.41) is 0. The Kier molecular flexibility index (Phi) is 19.9. The molecule has 15 aromatic rings. The lowest BCUT2D eigenvalue weighted by atomic mass is 9.81. The van der Waals surface area contributed by atoms with Gasteiger partial charge in [0.2, 0.25) is 28.5 Å². The van der Waals surface area contributed by atoms with Gasteiger partial charge < -0.3 is 0 Å². The van der Waals surface area contributed by atoms with Gasteiger partial charge in [-0.3, -0.25) is 0 Å². The van der Waals surface area contributed by atoms with Gasteiger partial charge in [0.1, 0.15) is 35.2 Å². The van der Waals surface area contributed by atoms with Crippen molar-refractivity contribution in [3.63, 3.8) is 0 Å². The van der Waals surface area contributed by atoms with Gasteiger partial charge in [0.15, 0.2) is 31.0 Å².